The SMILES string of the molecule is [2H][C@](CC)(Nc1c(Nc2cccc3c2C(=O)N(C)C3(C)C)c(=O)c1=O)c1ccc(C)o1. The first-order valence-corrected chi connectivity index (χ1v) is 9.88. The van der Waals surface area contributed by atoms with E-state index in [1.165, 1.54) is 0 Å². The number of carbonyl (C=O) groups is 1. The Balaban J connectivity index is 1.72. The summed E-state index contributed by atoms with van der Waals surface area (Å²) in [6.07, 6.45) is 0.302. The third-order valence-electron chi connectivity index (χ3n) is 5.92. The second-order valence-corrected chi connectivity index (χ2v) is 8.05. The molecule has 2 heterocycles. The average Bonchev–Trinajstić information content (AvgIpc) is 3.27. The van der Waals surface area contributed by atoms with E-state index in [-0.39, 0.29) is 17.3 Å². The zero-order chi connectivity index (χ0) is 22.7. The Morgan fingerprint density at radius 1 is 1.13 bits per heavy atom. The van der Waals surface area contributed by atoms with Crippen LogP contribution in [0.4, 0.5) is 17.1 Å². The first kappa shape index (κ1) is 18.7. The van der Waals surface area contributed by atoms with Crippen LogP contribution in [0, 0.1) is 6.92 Å². The van der Waals surface area contributed by atoms with Crippen molar-refractivity contribution in [3.05, 3.63) is 73.4 Å². The lowest BCUT2D eigenvalue weighted by molar-refractivity contribution is 0.0691. The van der Waals surface area contributed by atoms with Gasteiger partial charge in [0.2, 0.25) is 0 Å². The molecule has 7 heteroatoms. The Labute approximate surface area is 175 Å². The Morgan fingerprint density at radius 2 is 1.83 bits per heavy atom. The van der Waals surface area contributed by atoms with Crippen LogP contribution in [0.1, 0.15) is 62.0 Å². The summed E-state index contributed by atoms with van der Waals surface area (Å²) in [5.74, 6) is 0.840. The van der Waals surface area contributed by atoms with Gasteiger partial charge in [-0.25, -0.2) is 0 Å². The van der Waals surface area contributed by atoms with Crippen LogP contribution in [0.3, 0.4) is 0 Å². The lowest BCUT2D eigenvalue weighted by Gasteiger charge is -2.28. The highest BCUT2D eigenvalue weighted by Crippen LogP contribution is 2.41. The fraction of sp³-hybridized carbons (Fsp3) is 0.348. The first-order valence-electron chi connectivity index (χ1n) is 10.4. The molecule has 3 aromatic rings. The fourth-order valence-corrected chi connectivity index (χ4v) is 3.84. The summed E-state index contributed by atoms with van der Waals surface area (Å²) in [5, 5.41) is 5.87. The van der Waals surface area contributed by atoms with Gasteiger partial charge in [-0.2, -0.15) is 0 Å². The molecule has 0 saturated heterocycles. The van der Waals surface area contributed by atoms with Gasteiger partial charge >= 0.3 is 0 Å². The van der Waals surface area contributed by atoms with Gasteiger partial charge in [0.15, 0.2) is 0 Å². The summed E-state index contributed by atoms with van der Waals surface area (Å²) in [6.45, 7) is 7.46. The molecule has 1 aliphatic rings. The number of fused-ring (bicyclic) bond motifs is 1. The Hall–Kier alpha value is -3.35. The summed E-state index contributed by atoms with van der Waals surface area (Å²) in [7, 11) is 1.73. The van der Waals surface area contributed by atoms with Crippen LogP contribution in [-0.4, -0.2) is 17.9 Å². The molecule has 0 unspecified atom stereocenters. The van der Waals surface area contributed by atoms with Crippen LogP contribution in [0.2, 0.25) is 0 Å². The van der Waals surface area contributed by atoms with Gasteiger partial charge in [0.25, 0.3) is 16.8 Å². The third kappa shape index (κ3) is 2.84. The molecule has 1 atom stereocenters. The highest BCUT2D eigenvalue weighted by Gasteiger charge is 2.42. The molecule has 0 aliphatic carbocycles. The van der Waals surface area contributed by atoms with Crippen LogP contribution >= 0.6 is 0 Å². The van der Waals surface area contributed by atoms with E-state index in [0.717, 1.165) is 5.56 Å². The van der Waals surface area contributed by atoms with Crippen LogP contribution in [0.15, 0.2) is 44.3 Å². The van der Waals surface area contributed by atoms with Gasteiger partial charge in [0, 0.05) is 7.05 Å². The summed E-state index contributed by atoms with van der Waals surface area (Å²) < 4.78 is 14.4. The maximum Gasteiger partial charge on any atom is 0.256 e. The number of hydrogen-bond donors (Lipinski definition) is 2. The van der Waals surface area contributed by atoms with Crippen molar-refractivity contribution >= 4 is 23.0 Å². The van der Waals surface area contributed by atoms with Crippen molar-refractivity contribution < 1.29 is 10.6 Å². The van der Waals surface area contributed by atoms with Crippen molar-refractivity contribution in [3.63, 3.8) is 0 Å². The number of rotatable bonds is 6. The molecule has 1 amide bonds. The van der Waals surface area contributed by atoms with Crippen LogP contribution < -0.4 is 21.5 Å². The number of nitrogens with one attached hydrogen (secondary N) is 2. The zero-order valence-corrected chi connectivity index (χ0v) is 17.7. The van der Waals surface area contributed by atoms with Crippen molar-refractivity contribution in [1.29, 1.82) is 0 Å². The van der Waals surface area contributed by atoms with Gasteiger partial charge in [-0.1, -0.05) is 19.1 Å². The quantitative estimate of drug-likeness (QED) is 0.603. The zero-order valence-electron chi connectivity index (χ0n) is 18.7. The van der Waals surface area contributed by atoms with E-state index in [0.29, 0.717) is 29.2 Å². The minimum atomic E-state index is -1.41. The maximum atomic E-state index is 12.9. The largest absolute Gasteiger partial charge is 0.464 e. The normalized spacial score (nSPS) is 17.6. The van der Waals surface area contributed by atoms with E-state index in [1.807, 2.05) is 19.9 Å². The molecule has 0 saturated carbocycles. The van der Waals surface area contributed by atoms with E-state index in [9.17, 15) is 14.4 Å². The number of anilines is 3. The molecule has 4 rings (SSSR count). The Morgan fingerprint density at radius 3 is 2.47 bits per heavy atom. The van der Waals surface area contributed by atoms with Gasteiger partial charge in [-0.3, -0.25) is 14.4 Å². The molecular formula is C23H25N3O4. The summed E-state index contributed by atoms with van der Waals surface area (Å²) >= 11 is 0. The molecule has 7 nitrogen and oxygen atoms in total. The average molecular weight is 408 g/mol. The maximum absolute atomic E-state index is 12.9. The van der Waals surface area contributed by atoms with E-state index >= 15 is 0 Å². The highest BCUT2D eigenvalue weighted by atomic mass is 16.3. The number of hydrogen-bond acceptors (Lipinski definition) is 6. The van der Waals surface area contributed by atoms with Crippen molar-refractivity contribution in [2.24, 2.45) is 0 Å². The summed E-state index contributed by atoms with van der Waals surface area (Å²) in [5.41, 5.74) is -0.0424. The molecule has 30 heavy (non-hydrogen) atoms. The Kier molecular flexibility index (Phi) is 4.27. The molecule has 0 spiro atoms. The second kappa shape index (κ2) is 6.86. The van der Waals surface area contributed by atoms with Gasteiger partial charge in [0.1, 0.15) is 22.9 Å². The van der Waals surface area contributed by atoms with Crippen molar-refractivity contribution in [2.75, 3.05) is 17.7 Å². The predicted molar refractivity (Wildman–Crippen MR) is 116 cm³/mol. The number of carbonyl (C=O) groups excluding carboxylic acids is 1. The van der Waals surface area contributed by atoms with E-state index < -0.39 is 22.4 Å². The molecule has 0 bridgehead atoms. The molecule has 156 valence electrons. The molecule has 0 fully saturated rings. The van der Waals surface area contributed by atoms with Crippen molar-refractivity contribution in [1.82, 2.24) is 4.90 Å². The molecule has 2 N–H and O–H groups in total. The molecule has 1 aliphatic heterocycles. The molecular weight excluding hydrogens is 382 g/mol. The highest BCUT2D eigenvalue weighted by molar-refractivity contribution is 6.05. The molecule has 2 aromatic carbocycles. The first-order chi connectivity index (χ1) is 14.5. The number of aryl methyl sites for hydroxylation is 1. The Bertz CT molecular complexity index is 1270. The lowest BCUT2D eigenvalue weighted by atomic mass is 9.93. The van der Waals surface area contributed by atoms with Crippen LogP contribution in [0.25, 0.3) is 0 Å². The summed E-state index contributed by atoms with van der Waals surface area (Å²) in [6, 6.07) is 7.40. The molecule has 1 aromatic heterocycles. The second-order valence-electron chi connectivity index (χ2n) is 8.05. The van der Waals surface area contributed by atoms with E-state index in [4.69, 9.17) is 5.79 Å². The minimum Gasteiger partial charge on any atom is -0.464 e. The van der Waals surface area contributed by atoms with Gasteiger partial charge < -0.3 is 20.0 Å². The van der Waals surface area contributed by atoms with Crippen molar-refractivity contribution in [2.45, 2.75) is 45.7 Å². The smallest absolute Gasteiger partial charge is 0.256 e. The molecule has 0 radical (unpaired) electrons. The van der Waals surface area contributed by atoms with Crippen molar-refractivity contribution in [3.8, 4) is 0 Å². The number of amides is 1. The van der Waals surface area contributed by atoms with E-state index in [1.54, 1.807) is 50.1 Å². The monoisotopic (exact) mass is 408 g/mol. The van der Waals surface area contributed by atoms with Gasteiger partial charge in [0.05, 0.1) is 24.2 Å². The van der Waals surface area contributed by atoms with Gasteiger partial charge in [-0.05, 0) is 51.0 Å². The van der Waals surface area contributed by atoms with Crippen LogP contribution in [-0.2, 0) is 5.54 Å². The number of furan rings is 1. The fourth-order valence-electron chi connectivity index (χ4n) is 3.84. The number of nitrogens with zero attached hydrogens (tertiary/aromatic N) is 1. The standard InChI is InChI=1S/C23H25N3O4/c1-6-14(16-11-10-12(2)30-16)24-18-19(21(28)20(18)27)25-15-9-7-8-13-17(15)22(29)26(5)23(13,3)4/h7-11,14,24-25H,6H2,1-5H3/t14-/m1/s1/i14D. The third-order valence-corrected chi connectivity index (χ3v) is 5.92. The number of benzene rings is 1. The summed E-state index contributed by atoms with van der Waals surface area (Å²) in [4.78, 5) is 39.2. The predicted octanol–water partition coefficient (Wildman–Crippen LogP) is 3.81. The minimum absolute atomic E-state index is 0.0200. The van der Waals surface area contributed by atoms with Gasteiger partial charge in [-0.15, -0.1) is 0 Å². The van der Waals surface area contributed by atoms with E-state index in [2.05, 4.69) is 10.6 Å². The van der Waals surface area contributed by atoms with Crippen LogP contribution in [0.5, 0.6) is 0 Å². The topological polar surface area (TPSA) is 91.6 Å². The lowest BCUT2D eigenvalue weighted by Crippen LogP contribution is -2.37.